The third-order valence-electron chi connectivity index (χ3n) is 2.80. The van der Waals surface area contributed by atoms with Crippen molar-refractivity contribution in [3.05, 3.63) is 68.0 Å². The van der Waals surface area contributed by atoms with Gasteiger partial charge in [0.25, 0.3) is 5.56 Å². The van der Waals surface area contributed by atoms with Gasteiger partial charge < -0.3 is 9.15 Å². The molecule has 0 N–H and O–H groups in total. The second kappa shape index (κ2) is 5.94. The van der Waals surface area contributed by atoms with Crippen LogP contribution >= 0.6 is 27.5 Å². The topological polar surface area (TPSA) is 73.8 Å². The number of esters is 1. The molecule has 0 saturated carbocycles. The van der Waals surface area contributed by atoms with Crippen molar-refractivity contribution in [2.75, 3.05) is 0 Å². The van der Waals surface area contributed by atoms with Crippen LogP contribution in [0.4, 0.5) is 0 Å². The standard InChI is InChI=1S/C14H8BrClN2O4/c15-11-3-2-10(22-11)14(20)21-7-9-5-13(19)18-6-8(16)1-4-12(18)17-9/h1-6H,7H2. The third-order valence-corrected chi connectivity index (χ3v) is 3.45. The van der Waals surface area contributed by atoms with E-state index in [9.17, 15) is 9.59 Å². The molecule has 0 aliphatic carbocycles. The van der Waals surface area contributed by atoms with Crippen LogP contribution in [0, 0.1) is 0 Å². The number of aromatic nitrogens is 2. The predicted molar refractivity (Wildman–Crippen MR) is 82.0 cm³/mol. The maximum Gasteiger partial charge on any atom is 0.374 e. The van der Waals surface area contributed by atoms with E-state index in [0.29, 0.717) is 21.0 Å². The molecule has 0 amide bonds. The Morgan fingerprint density at radius 2 is 2.18 bits per heavy atom. The number of ether oxygens (including phenoxy) is 1. The maximum absolute atomic E-state index is 12.0. The van der Waals surface area contributed by atoms with Gasteiger partial charge in [-0.3, -0.25) is 9.20 Å². The number of hydrogen-bond acceptors (Lipinski definition) is 5. The van der Waals surface area contributed by atoms with Gasteiger partial charge in [-0.05, 0) is 40.2 Å². The molecule has 0 aliphatic heterocycles. The number of nitrogens with zero attached hydrogens (tertiary/aromatic N) is 2. The quantitative estimate of drug-likeness (QED) is 0.650. The molecule has 8 heteroatoms. The molecule has 3 aromatic rings. The highest BCUT2D eigenvalue weighted by molar-refractivity contribution is 9.10. The van der Waals surface area contributed by atoms with Gasteiger partial charge in [0, 0.05) is 12.3 Å². The first-order valence-electron chi connectivity index (χ1n) is 6.13. The SMILES string of the molecule is O=C(OCc1cc(=O)n2cc(Cl)ccc2n1)c1ccc(Br)o1. The van der Waals surface area contributed by atoms with Crippen LogP contribution in [0.5, 0.6) is 0 Å². The molecule has 0 saturated heterocycles. The molecule has 0 fully saturated rings. The van der Waals surface area contributed by atoms with Crippen molar-refractivity contribution in [1.29, 1.82) is 0 Å². The Kier molecular flexibility index (Phi) is 4.00. The largest absolute Gasteiger partial charge is 0.453 e. The van der Waals surface area contributed by atoms with Crippen molar-refractivity contribution in [3.63, 3.8) is 0 Å². The average molecular weight is 384 g/mol. The summed E-state index contributed by atoms with van der Waals surface area (Å²) in [6.45, 7) is -0.133. The van der Waals surface area contributed by atoms with Crippen molar-refractivity contribution < 1.29 is 13.9 Å². The molecule has 6 nitrogen and oxygen atoms in total. The Morgan fingerprint density at radius 1 is 1.36 bits per heavy atom. The molecule has 0 aliphatic rings. The minimum atomic E-state index is -0.635. The first-order chi connectivity index (χ1) is 10.5. The molecule has 3 rings (SSSR count). The molecule has 112 valence electrons. The Balaban J connectivity index is 1.81. The highest BCUT2D eigenvalue weighted by Crippen LogP contribution is 2.15. The zero-order valence-corrected chi connectivity index (χ0v) is 13.3. The fraction of sp³-hybridized carbons (Fsp3) is 0.0714. The lowest BCUT2D eigenvalue weighted by Crippen LogP contribution is -2.16. The van der Waals surface area contributed by atoms with Crippen molar-refractivity contribution in [2.45, 2.75) is 6.61 Å². The Morgan fingerprint density at radius 3 is 2.91 bits per heavy atom. The Bertz CT molecular complexity index is 919. The summed E-state index contributed by atoms with van der Waals surface area (Å²) in [4.78, 5) is 28.0. The van der Waals surface area contributed by atoms with Crippen LogP contribution in [0.15, 0.2) is 50.4 Å². The normalized spacial score (nSPS) is 10.8. The fourth-order valence-corrected chi connectivity index (χ4v) is 2.30. The molecule has 0 bridgehead atoms. The smallest absolute Gasteiger partial charge is 0.374 e. The Labute approximate surface area is 137 Å². The number of carbonyl (C=O) groups is 1. The number of hydrogen-bond donors (Lipinski definition) is 0. The van der Waals surface area contributed by atoms with Crippen LogP contribution in [0.25, 0.3) is 5.65 Å². The average Bonchev–Trinajstić information content (AvgIpc) is 2.92. The third kappa shape index (κ3) is 3.05. The molecular weight excluding hydrogens is 376 g/mol. The van der Waals surface area contributed by atoms with E-state index in [0.717, 1.165) is 0 Å². The van der Waals surface area contributed by atoms with Gasteiger partial charge in [-0.1, -0.05) is 11.6 Å². The molecule has 3 heterocycles. The van der Waals surface area contributed by atoms with Crippen LogP contribution in [-0.4, -0.2) is 15.4 Å². The van der Waals surface area contributed by atoms with Crippen molar-refractivity contribution in [1.82, 2.24) is 9.38 Å². The van der Waals surface area contributed by atoms with E-state index < -0.39 is 5.97 Å². The van der Waals surface area contributed by atoms with E-state index in [4.69, 9.17) is 20.8 Å². The fourth-order valence-electron chi connectivity index (χ4n) is 1.83. The van der Waals surface area contributed by atoms with Gasteiger partial charge in [0.1, 0.15) is 12.3 Å². The lowest BCUT2D eigenvalue weighted by molar-refractivity contribution is 0.0429. The van der Waals surface area contributed by atoms with Gasteiger partial charge in [-0.25, -0.2) is 9.78 Å². The lowest BCUT2D eigenvalue weighted by Gasteiger charge is -2.05. The van der Waals surface area contributed by atoms with E-state index in [1.165, 1.54) is 22.7 Å². The molecule has 0 radical (unpaired) electrons. The number of pyridine rings is 1. The van der Waals surface area contributed by atoms with Crippen LogP contribution < -0.4 is 5.56 Å². The highest BCUT2D eigenvalue weighted by Gasteiger charge is 2.13. The highest BCUT2D eigenvalue weighted by atomic mass is 79.9. The zero-order valence-electron chi connectivity index (χ0n) is 11.0. The van der Waals surface area contributed by atoms with Gasteiger partial charge in [0.15, 0.2) is 4.67 Å². The Hall–Kier alpha value is -2.12. The van der Waals surface area contributed by atoms with Crippen molar-refractivity contribution in [3.8, 4) is 0 Å². The first-order valence-corrected chi connectivity index (χ1v) is 7.30. The summed E-state index contributed by atoms with van der Waals surface area (Å²) < 4.78 is 11.9. The monoisotopic (exact) mass is 382 g/mol. The first kappa shape index (κ1) is 14.8. The minimum Gasteiger partial charge on any atom is -0.453 e. The summed E-state index contributed by atoms with van der Waals surface area (Å²) in [6, 6.07) is 7.59. The summed E-state index contributed by atoms with van der Waals surface area (Å²) >= 11 is 8.93. The van der Waals surface area contributed by atoms with Crippen LogP contribution in [0.2, 0.25) is 5.02 Å². The van der Waals surface area contributed by atoms with Crippen molar-refractivity contribution >= 4 is 39.1 Å². The number of rotatable bonds is 3. The molecule has 0 unspecified atom stereocenters. The predicted octanol–water partition coefficient (Wildman–Crippen LogP) is 3.06. The van der Waals surface area contributed by atoms with Gasteiger partial charge in [0.2, 0.25) is 5.76 Å². The summed E-state index contributed by atoms with van der Waals surface area (Å²) in [5.41, 5.74) is 0.453. The number of furan rings is 1. The summed E-state index contributed by atoms with van der Waals surface area (Å²) in [6.07, 6.45) is 1.47. The summed E-state index contributed by atoms with van der Waals surface area (Å²) in [5, 5.41) is 0.430. The second-order valence-electron chi connectivity index (χ2n) is 4.34. The molecular formula is C14H8BrClN2O4. The second-order valence-corrected chi connectivity index (χ2v) is 5.56. The number of carbonyl (C=O) groups excluding carboxylic acids is 1. The molecule has 0 aromatic carbocycles. The van der Waals surface area contributed by atoms with Gasteiger partial charge in [-0.2, -0.15) is 0 Å². The molecule has 3 aromatic heterocycles. The van der Waals surface area contributed by atoms with Crippen LogP contribution in [0.3, 0.4) is 0 Å². The van der Waals surface area contributed by atoms with E-state index in [1.807, 2.05) is 0 Å². The van der Waals surface area contributed by atoms with Crippen LogP contribution in [-0.2, 0) is 11.3 Å². The van der Waals surface area contributed by atoms with Gasteiger partial charge in [-0.15, -0.1) is 0 Å². The van der Waals surface area contributed by atoms with E-state index in [2.05, 4.69) is 20.9 Å². The van der Waals surface area contributed by atoms with Gasteiger partial charge in [0.05, 0.1) is 10.7 Å². The number of fused-ring (bicyclic) bond motifs is 1. The minimum absolute atomic E-state index is 0.0659. The molecule has 22 heavy (non-hydrogen) atoms. The van der Waals surface area contributed by atoms with E-state index in [1.54, 1.807) is 18.2 Å². The van der Waals surface area contributed by atoms with E-state index >= 15 is 0 Å². The number of halogens is 2. The van der Waals surface area contributed by atoms with Gasteiger partial charge >= 0.3 is 5.97 Å². The summed E-state index contributed by atoms with van der Waals surface area (Å²) in [5.74, 6) is -0.569. The summed E-state index contributed by atoms with van der Waals surface area (Å²) in [7, 11) is 0. The molecule has 0 atom stereocenters. The zero-order chi connectivity index (χ0) is 15.7. The van der Waals surface area contributed by atoms with E-state index in [-0.39, 0.29) is 17.9 Å². The lowest BCUT2D eigenvalue weighted by atomic mass is 10.4. The van der Waals surface area contributed by atoms with Crippen LogP contribution in [0.1, 0.15) is 16.2 Å². The maximum atomic E-state index is 12.0. The van der Waals surface area contributed by atoms with Crippen molar-refractivity contribution in [2.24, 2.45) is 0 Å². The molecule has 0 spiro atoms.